The molecule has 0 heterocycles. The molecule has 0 aromatic rings. The van der Waals surface area contributed by atoms with Gasteiger partial charge in [-0.1, -0.05) is 240 Å². The fraction of sp³-hybridized carbons (Fsp3) is 0.689. The summed E-state index contributed by atoms with van der Waals surface area (Å²) in [4.78, 5) is 38.1. The predicted octanol–water partition coefficient (Wildman–Crippen LogP) is 18.5. The van der Waals surface area contributed by atoms with Crippen LogP contribution >= 0.6 is 0 Å². The summed E-state index contributed by atoms with van der Waals surface area (Å²) in [7, 11) is 0. The minimum atomic E-state index is -0.816. The number of ether oxygens (including phenoxy) is 3. The summed E-state index contributed by atoms with van der Waals surface area (Å²) >= 11 is 0. The molecule has 1 atom stereocenters. The second-order valence-electron chi connectivity index (χ2n) is 18.1. The molecule has 67 heavy (non-hydrogen) atoms. The number of carbonyl (C=O) groups excluding carboxylic acids is 3. The van der Waals surface area contributed by atoms with Gasteiger partial charge in [-0.3, -0.25) is 14.4 Å². The van der Waals surface area contributed by atoms with Gasteiger partial charge < -0.3 is 14.2 Å². The summed E-state index contributed by atoms with van der Waals surface area (Å²) in [5, 5.41) is 0. The zero-order valence-electron chi connectivity index (χ0n) is 43.6. The SMILES string of the molecule is CC/C=C\C/C=C\C/C=C\C/C=C\C/C=C\CCCC(=O)OC(COC(=O)CCCCCC/C=C\C/C=C\C/C=C\CC)COC(=O)CCCCCCCCCCCCCCCCCCCC. The quantitative estimate of drug-likeness (QED) is 0.0262. The number of allylic oxidation sites excluding steroid dienone is 16. The zero-order chi connectivity index (χ0) is 48.6. The fourth-order valence-corrected chi connectivity index (χ4v) is 7.49. The molecule has 0 aliphatic rings. The Bertz CT molecular complexity index is 1350. The van der Waals surface area contributed by atoms with Crippen molar-refractivity contribution in [2.75, 3.05) is 13.2 Å². The Labute approximate surface area is 413 Å². The average molecular weight is 931 g/mol. The van der Waals surface area contributed by atoms with E-state index in [1.54, 1.807) is 0 Å². The Morgan fingerprint density at radius 2 is 0.597 bits per heavy atom. The molecular formula is C61H102O6. The standard InChI is InChI=1S/C61H102O6/c1-4-7-10-13-16-19-22-25-28-30-32-33-36-39-42-45-48-51-54-60(63)66-57-58(56-65-59(62)53-50-47-44-41-38-35-27-24-21-18-15-12-9-6-3)67-61(64)55-52-49-46-43-40-37-34-31-29-26-23-20-17-14-11-8-5-2/h8-9,11-12,17-18,20-21,26-27,29,34-35,37,43,46,58H,4-7,10,13-16,19,22-25,28,30-33,36,38-42,44-45,47-57H2,1-3H3/b11-8-,12-9-,20-17-,21-18-,29-26-,35-27-,37-34-,46-43-. The van der Waals surface area contributed by atoms with Crippen molar-refractivity contribution >= 4 is 17.9 Å². The topological polar surface area (TPSA) is 78.9 Å². The highest BCUT2D eigenvalue weighted by Crippen LogP contribution is 2.15. The van der Waals surface area contributed by atoms with Crippen LogP contribution in [0.15, 0.2) is 97.2 Å². The monoisotopic (exact) mass is 931 g/mol. The van der Waals surface area contributed by atoms with Crippen molar-refractivity contribution in [3.63, 3.8) is 0 Å². The molecule has 0 bridgehead atoms. The molecule has 1 unspecified atom stereocenters. The average Bonchev–Trinajstić information content (AvgIpc) is 3.33. The lowest BCUT2D eigenvalue weighted by atomic mass is 10.0. The number of carbonyl (C=O) groups is 3. The van der Waals surface area contributed by atoms with Crippen molar-refractivity contribution in [1.82, 2.24) is 0 Å². The summed E-state index contributed by atoms with van der Waals surface area (Å²) in [5.74, 6) is -0.986. The second kappa shape index (κ2) is 54.9. The molecule has 6 heteroatoms. The van der Waals surface area contributed by atoms with Gasteiger partial charge in [0.1, 0.15) is 13.2 Å². The number of esters is 3. The minimum absolute atomic E-state index is 0.106. The van der Waals surface area contributed by atoms with E-state index in [1.807, 2.05) is 0 Å². The molecule has 0 saturated carbocycles. The van der Waals surface area contributed by atoms with E-state index < -0.39 is 6.10 Å². The highest BCUT2D eigenvalue weighted by Gasteiger charge is 2.19. The third-order valence-corrected chi connectivity index (χ3v) is 11.6. The lowest BCUT2D eigenvalue weighted by Crippen LogP contribution is -2.30. The molecule has 0 saturated heterocycles. The van der Waals surface area contributed by atoms with Gasteiger partial charge in [0.15, 0.2) is 6.10 Å². The minimum Gasteiger partial charge on any atom is -0.462 e. The van der Waals surface area contributed by atoms with E-state index in [-0.39, 0.29) is 37.5 Å². The summed E-state index contributed by atoms with van der Waals surface area (Å²) in [6, 6.07) is 0. The van der Waals surface area contributed by atoms with Gasteiger partial charge >= 0.3 is 17.9 Å². The molecule has 6 nitrogen and oxygen atoms in total. The first-order valence-electron chi connectivity index (χ1n) is 27.7. The van der Waals surface area contributed by atoms with Crippen LogP contribution in [0.25, 0.3) is 0 Å². The van der Waals surface area contributed by atoms with Gasteiger partial charge in [-0.05, 0) is 89.9 Å². The van der Waals surface area contributed by atoms with Crippen LogP contribution in [0.4, 0.5) is 0 Å². The molecule has 0 rings (SSSR count). The van der Waals surface area contributed by atoms with Gasteiger partial charge in [0, 0.05) is 19.3 Å². The maximum atomic E-state index is 12.8. The van der Waals surface area contributed by atoms with Crippen LogP contribution in [0.3, 0.4) is 0 Å². The molecule has 0 aromatic heterocycles. The lowest BCUT2D eigenvalue weighted by Gasteiger charge is -2.18. The Morgan fingerprint density at radius 1 is 0.313 bits per heavy atom. The van der Waals surface area contributed by atoms with Crippen LogP contribution in [0, 0.1) is 0 Å². The molecular weight excluding hydrogens is 829 g/mol. The molecule has 0 amide bonds. The molecule has 0 aliphatic carbocycles. The predicted molar refractivity (Wildman–Crippen MR) is 288 cm³/mol. The van der Waals surface area contributed by atoms with Crippen LogP contribution in [0.5, 0.6) is 0 Å². The van der Waals surface area contributed by atoms with Crippen molar-refractivity contribution in [2.24, 2.45) is 0 Å². The summed E-state index contributed by atoms with van der Waals surface area (Å²) in [6.45, 7) is 6.36. The van der Waals surface area contributed by atoms with E-state index in [0.717, 1.165) is 109 Å². The highest BCUT2D eigenvalue weighted by atomic mass is 16.6. The zero-order valence-corrected chi connectivity index (χ0v) is 43.6. The number of hydrogen-bond acceptors (Lipinski definition) is 6. The Kier molecular flexibility index (Phi) is 51.9. The molecule has 382 valence electrons. The van der Waals surface area contributed by atoms with Gasteiger partial charge in [0.2, 0.25) is 0 Å². The normalized spacial score (nSPS) is 12.8. The van der Waals surface area contributed by atoms with E-state index in [1.165, 1.54) is 96.3 Å². The number of hydrogen-bond donors (Lipinski definition) is 0. The van der Waals surface area contributed by atoms with Crippen molar-refractivity contribution in [1.29, 1.82) is 0 Å². The first-order valence-corrected chi connectivity index (χ1v) is 27.7. The van der Waals surface area contributed by atoms with Gasteiger partial charge in [0.25, 0.3) is 0 Å². The molecule has 0 aromatic carbocycles. The van der Waals surface area contributed by atoms with Gasteiger partial charge in [0.05, 0.1) is 0 Å². The maximum Gasteiger partial charge on any atom is 0.306 e. The Hall–Kier alpha value is -3.67. The second-order valence-corrected chi connectivity index (χ2v) is 18.1. The van der Waals surface area contributed by atoms with E-state index in [4.69, 9.17) is 14.2 Å². The smallest absolute Gasteiger partial charge is 0.306 e. The summed E-state index contributed by atoms with van der Waals surface area (Å²) < 4.78 is 16.8. The van der Waals surface area contributed by atoms with Crippen molar-refractivity contribution in [3.05, 3.63) is 97.2 Å². The molecule has 0 fully saturated rings. The molecule has 0 radical (unpaired) electrons. The van der Waals surface area contributed by atoms with Crippen LogP contribution in [-0.2, 0) is 28.6 Å². The summed E-state index contributed by atoms with van der Waals surface area (Å²) in [5.41, 5.74) is 0. The number of rotatable bonds is 49. The van der Waals surface area contributed by atoms with Gasteiger partial charge in [-0.25, -0.2) is 0 Å². The van der Waals surface area contributed by atoms with Crippen LogP contribution in [0.2, 0.25) is 0 Å². The van der Waals surface area contributed by atoms with Crippen molar-refractivity contribution in [2.45, 2.75) is 258 Å². The fourth-order valence-electron chi connectivity index (χ4n) is 7.49. The largest absolute Gasteiger partial charge is 0.462 e. The summed E-state index contributed by atoms with van der Waals surface area (Å²) in [6.07, 6.45) is 72.6. The first kappa shape index (κ1) is 63.3. The van der Waals surface area contributed by atoms with Crippen LogP contribution < -0.4 is 0 Å². The Morgan fingerprint density at radius 3 is 0.955 bits per heavy atom. The maximum absolute atomic E-state index is 12.8. The first-order chi connectivity index (χ1) is 33.0. The van der Waals surface area contributed by atoms with E-state index in [2.05, 4.69) is 118 Å². The third kappa shape index (κ3) is 53.2. The van der Waals surface area contributed by atoms with Crippen LogP contribution in [-0.4, -0.2) is 37.2 Å². The highest BCUT2D eigenvalue weighted by molar-refractivity contribution is 5.71. The van der Waals surface area contributed by atoms with Crippen molar-refractivity contribution < 1.29 is 28.6 Å². The third-order valence-electron chi connectivity index (χ3n) is 11.6. The van der Waals surface area contributed by atoms with Gasteiger partial charge in [-0.2, -0.15) is 0 Å². The van der Waals surface area contributed by atoms with E-state index in [9.17, 15) is 14.4 Å². The molecule has 0 spiro atoms. The molecule has 0 aliphatic heterocycles. The van der Waals surface area contributed by atoms with Gasteiger partial charge in [-0.15, -0.1) is 0 Å². The van der Waals surface area contributed by atoms with Crippen LogP contribution in [0.1, 0.15) is 252 Å². The van der Waals surface area contributed by atoms with E-state index >= 15 is 0 Å². The molecule has 0 N–H and O–H groups in total. The Balaban J connectivity index is 4.48. The van der Waals surface area contributed by atoms with Crippen molar-refractivity contribution in [3.8, 4) is 0 Å². The number of unbranched alkanes of at least 4 members (excludes halogenated alkanes) is 22. The lowest BCUT2D eigenvalue weighted by molar-refractivity contribution is -0.167. The van der Waals surface area contributed by atoms with E-state index in [0.29, 0.717) is 19.3 Å².